The lowest BCUT2D eigenvalue weighted by Gasteiger charge is -2.37. The molecular formula is C12H26N2O2. The Morgan fingerprint density at radius 3 is 2.44 bits per heavy atom. The largest absolute Gasteiger partial charge is 0.382 e. The van der Waals surface area contributed by atoms with E-state index in [2.05, 4.69) is 11.9 Å². The molecule has 0 unspecified atom stereocenters. The zero-order chi connectivity index (χ0) is 11.9. The molecule has 0 amide bonds. The van der Waals surface area contributed by atoms with Crippen molar-refractivity contribution < 1.29 is 9.47 Å². The van der Waals surface area contributed by atoms with Gasteiger partial charge in [-0.2, -0.15) is 0 Å². The van der Waals surface area contributed by atoms with E-state index in [0.717, 1.165) is 19.7 Å². The van der Waals surface area contributed by atoms with Gasteiger partial charge in [-0.15, -0.1) is 0 Å². The van der Waals surface area contributed by atoms with Crippen molar-refractivity contribution in [2.24, 2.45) is 5.73 Å². The van der Waals surface area contributed by atoms with E-state index in [0.29, 0.717) is 13.2 Å². The van der Waals surface area contributed by atoms with Gasteiger partial charge in [0.25, 0.3) is 0 Å². The molecule has 4 heteroatoms. The van der Waals surface area contributed by atoms with Gasteiger partial charge in [0.2, 0.25) is 0 Å². The number of nitrogens with two attached hydrogens (primary N) is 1. The molecule has 0 saturated heterocycles. The van der Waals surface area contributed by atoms with Gasteiger partial charge in [-0.3, -0.25) is 4.90 Å². The molecule has 0 atom stereocenters. The molecule has 1 aliphatic carbocycles. The second-order valence-corrected chi connectivity index (χ2v) is 4.66. The Morgan fingerprint density at radius 1 is 1.19 bits per heavy atom. The van der Waals surface area contributed by atoms with Crippen LogP contribution in [0.4, 0.5) is 0 Å². The minimum Gasteiger partial charge on any atom is -0.382 e. The van der Waals surface area contributed by atoms with Gasteiger partial charge in [-0.25, -0.2) is 0 Å². The summed E-state index contributed by atoms with van der Waals surface area (Å²) in [6.45, 7) is 3.84. The molecule has 0 aliphatic heterocycles. The predicted molar refractivity (Wildman–Crippen MR) is 65.6 cm³/mol. The van der Waals surface area contributed by atoms with Crippen molar-refractivity contribution >= 4 is 0 Å². The van der Waals surface area contributed by atoms with Gasteiger partial charge in [-0.1, -0.05) is 12.8 Å². The van der Waals surface area contributed by atoms with E-state index in [-0.39, 0.29) is 5.54 Å². The fourth-order valence-electron chi connectivity index (χ4n) is 2.46. The van der Waals surface area contributed by atoms with Crippen LogP contribution < -0.4 is 5.73 Å². The maximum absolute atomic E-state index is 5.92. The molecule has 1 aliphatic rings. The third-order valence-corrected chi connectivity index (χ3v) is 3.73. The Labute approximate surface area is 99.1 Å². The highest BCUT2D eigenvalue weighted by molar-refractivity contribution is 4.94. The number of likely N-dealkylation sites (N-methyl/N-ethyl adjacent to an activating group) is 1. The molecule has 2 N–H and O–H groups in total. The number of hydrogen-bond acceptors (Lipinski definition) is 4. The van der Waals surface area contributed by atoms with Crippen LogP contribution in [0.3, 0.4) is 0 Å². The van der Waals surface area contributed by atoms with Crippen molar-refractivity contribution in [3.8, 4) is 0 Å². The fraction of sp³-hybridized carbons (Fsp3) is 1.00. The van der Waals surface area contributed by atoms with Crippen LogP contribution in [0.1, 0.15) is 25.7 Å². The van der Waals surface area contributed by atoms with Crippen molar-refractivity contribution in [2.45, 2.75) is 31.2 Å². The summed E-state index contributed by atoms with van der Waals surface area (Å²) in [5.74, 6) is 0. The molecule has 0 aromatic rings. The molecule has 1 rings (SSSR count). The normalized spacial score (nSPS) is 19.5. The summed E-state index contributed by atoms with van der Waals surface area (Å²) in [5.41, 5.74) is 6.16. The molecule has 0 bridgehead atoms. The first-order chi connectivity index (χ1) is 7.75. The van der Waals surface area contributed by atoms with Gasteiger partial charge in [0, 0.05) is 25.7 Å². The van der Waals surface area contributed by atoms with Crippen LogP contribution in [0.5, 0.6) is 0 Å². The van der Waals surface area contributed by atoms with Crippen molar-refractivity contribution in [1.29, 1.82) is 0 Å². The van der Waals surface area contributed by atoms with E-state index in [9.17, 15) is 0 Å². The second kappa shape index (κ2) is 7.22. The Bertz CT molecular complexity index is 182. The van der Waals surface area contributed by atoms with E-state index in [4.69, 9.17) is 15.2 Å². The van der Waals surface area contributed by atoms with Crippen LogP contribution in [-0.2, 0) is 9.47 Å². The molecular weight excluding hydrogens is 204 g/mol. The van der Waals surface area contributed by atoms with Gasteiger partial charge in [-0.05, 0) is 19.9 Å². The maximum atomic E-state index is 5.92. The lowest BCUT2D eigenvalue weighted by atomic mass is 9.96. The highest BCUT2D eigenvalue weighted by atomic mass is 16.5. The van der Waals surface area contributed by atoms with Gasteiger partial charge in [0.05, 0.1) is 19.8 Å². The summed E-state index contributed by atoms with van der Waals surface area (Å²) in [6, 6.07) is 0. The molecule has 4 nitrogen and oxygen atoms in total. The second-order valence-electron chi connectivity index (χ2n) is 4.66. The summed E-state index contributed by atoms with van der Waals surface area (Å²) in [4.78, 5) is 2.38. The van der Waals surface area contributed by atoms with E-state index >= 15 is 0 Å². The van der Waals surface area contributed by atoms with Crippen molar-refractivity contribution in [3.05, 3.63) is 0 Å². The zero-order valence-electron chi connectivity index (χ0n) is 10.7. The standard InChI is InChI=1S/C12H26N2O2/c1-14(7-8-16-10-9-15-2)12(11-13)5-3-4-6-12/h3-11,13H2,1-2H3. The summed E-state index contributed by atoms with van der Waals surface area (Å²) >= 11 is 0. The Kier molecular flexibility index (Phi) is 6.28. The van der Waals surface area contributed by atoms with Crippen LogP contribution in [0.15, 0.2) is 0 Å². The van der Waals surface area contributed by atoms with Gasteiger partial charge in [0.15, 0.2) is 0 Å². The summed E-state index contributed by atoms with van der Waals surface area (Å²) in [7, 11) is 3.86. The average Bonchev–Trinajstić information content (AvgIpc) is 2.78. The van der Waals surface area contributed by atoms with E-state index in [1.807, 2.05) is 0 Å². The first kappa shape index (κ1) is 13.9. The predicted octanol–water partition coefficient (Wildman–Crippen LogP) is 0.853. The maximum Gasteiger partial charge on any atom is 0.0700 e. The summed E-state index contributed by atoms with van der Waals surface area (Å²) in [6.07, 6.45) is 5.09. The van der Waals surface area contributed by atoms with Crippen molar-refractivity contribution in [3.63, 3.8) is 0 Å². The first-order valence-electron chi connectivity index (χ1n) is 6.23. The van der Waals surface area contributed by atoms with Gasteiger partial charge >= 0.3 is 0 Å². The number of ether oxygens (including phenoxy) is 2. The Balaban J connectivity index is 2.19. The molecule has 0 aromatic carbocycles. The van der Waals surface area contributed by atoms with E-state index in [1.54, 1.807) is 7.11 Å². The van der Waals surface area contributed by atoms with Crippen LogP contribution >= 0.6 is 0 Å². The number of nitrogens with zero attached hydrogens (tertiary/aromatic N) is 1. The monoisotopic (exact) mass is 230 g/mol. The van der Waals surface area contributed by atoms with Crippen molar-refractivity contribution in [2.75, 3.05) is 47.1 Å². The number of hydrogen-bond donors (Lipinski definition) is 1. The number of methoxy groups -OCH3 is 1. The van der Waals surface area contributed by atoms with Crippen LogP contribution in [-0.4, -0.2) is 57.5 Å². The molecule has 0 aromatic heterocycles. The fourth-order valence-corrected chi connectivity index (χ4v) is 2.46. The molecule has 0 radical (unpaired) electrons. The number of rotatable bonds is 8. The smallest absolute Gasteiger partial charge is 0.0700 e. The van der Waals surface area contributed by atoms with Crippen LogP contribution in [0, 0.1) is 0 Å². The molecule has 0 heterocycles. The minimum absolute atomic E-state index is 0.241. The Morgan fingerprint density at radius 2 is 1.88 bits per heavy atom. The lowest BCUT2D eigenvalue weighted by Crippen LogP contribution is -2.51. The average molecular weight is 230 g/mol. The van der Waals surface area contributed by atoms with Gasteiger partial charge < -0.3 is 15.2 Å². The summed E-state index contributed by atoms with van der Waals surface area (Å²) < 4.78 is 10.4. The lowest BCUT2D eigenvalue weighted by molar-refractivity contribution is 0.0392. The molecule has 0 spiro atoms. The van der Waals surface area contributed by atoms with Gasteiger partial charge in [0.1, 0.15) is 0 Å². The third-order valence-electron chi connectivity index (χ3n) is 3.73. The van der Waals surface area contributed by atoms with E-state index in [1.165, 1.54) is 25.7 Å². The van der Waals surface area contributed by atoms with Crippen LogP contribution in [0.25, 0.3) is 0 Å². The van der Waals surface area contributed by atoms with E-state index < -0.39 is 0 Å². The third kappa shape index (κ3) is 3.70. The topological polar surface area (TPSA) is 47.7 Å². The molecule has 1 fully saturated rings. The minimum atomic E-state index is 0.241. The first-order valence-corrected chi connectivity index (χ1v) is 6.23. The quantitative estimate of drug-likeness (QED) is 0.628. The Hall–Kier alpha value is -0.160. The molecule has 96 valence electrons. The molecule has 1 saturated carbocycles. The highest BCUT2D eigenvalue weighted by Gasteiger charge is 2.35. The SMILES string of the molecule is COCCOCCN(C)C1(CN)CCCC1. The summed E-state index contributed by atoms with van der Waals surface area (Å²) in [5, 5.41) is 0. The molecule has 16 heavy (non-hydrogen) atoms. The zero-order valence-corrected chi connectivity index (χ0v) is 10.7. The van der Waals surface area contributed by atoms with Crippen LogP contribution in [0.2, 0.25) is 0 Å². The van der Waals surface area contributed by atoms with Crippen molar-refractivity contribution in [1.82, 2.24) is 4.90 Å². The highest BCUT2D eigenvalue weighted by Crippen LogP contribution is 2.33.